The van der Waals surface area contributed by atoms with Crippen LogP contribution in [-0.4, -0.2) is 55.8 Å². The van der Waals surface area contributed by atoms with Crippen LogP contribution in [0.4, 0.5) is 5.69 Å². The highest BCUT2D eigenvalue weighted by molar-refractivity contribution is 5.80. The fourth-order valence-corrected chi connectivity index (χ4v) is 3.49. The molecule has 0 unspecified atom stereocenters. The molecule has 3 rings (SSSR count). The molecule has 1 N–H and O–H groups in total. The molecule has 0 aliphatic carbocycles. The maximum absolute atomic E-state index is 5.23. The van der Waals surface area contributed by atoms with Crippen LogP contribution in [0.25, 0.3) is 0 Å². The van der Waals surface area contributed by atoms with Crippen molar-refractivity contribution in [3.8, 4) is 0 Å². The van der Waals surface area contributed by atoms with Crippen LogP contribution in [0.3, 0.4) is 0 Å². The van der Waals surface area contributed by atoms with Crippen LogP contribution < -0.4 is 10.2 Å². The summed E-state index contributed by atoms with van der Waals surface area (Å²) < 4.78 is 5.23. The van der Waals surface area contributed by atoms with Gasteiger partial charge in [0.05, 0.1) is 5.69 Å². The molecular formula is C20H29N5O. The summed E-state index contributed by atoms with van der Waals surface area (Å²) in [7, 11) is 1.85. The average Bonchev–Trinajstić information content (AvgIpc) is 2.97. The first-order valence-corrected chi connectivity index (χ1v) is 9.27. The number of piperazine rings is 1. The largest absolute Gasteiger partial charge is 0.368 e. The van der Waals surface area contributed by atoms with Crippen LogP contribution in [0, 0.1) is 20.8 Å². The van der Waals surface area contributed by atoms with E-state index in [1.165, 1.54) is 16.8 Å². The predicted molar refractivity (Wildman–Crippen MR) is 106 cm³/mol. The van der Waals surface area contributed by atoms with Gasteiger partial charge in [-0.3, -0.25) is 4.99 Å². The van der Waals surface area contributed by atoms with Crippen molar-refractivity contribution < 1.29 is 4.52 Å². The molecule has 1 fully saturated rings. The van der Waals surface area contributed by atoms with Gasteiger partial charge in [0.2, 0.25) is 0 Å². The first-order chi connectivity index (χ1) is 12.6. The molecule has 140 valence electrons. The molecule has 2 heterocycles. The summed E-state index contributed by atoms with van der Waals surface area (Å²) in [6.45, 7) is 10.9. The summed E-state index contributed by atoms with van der Waals surface area (Å²) in [5.74, 6) is 1.88. The Morgan fingerprint density at radius 1 is 1.19 bits per heavy atom. The summed E-state index contributed by atoms with van der Waals surface area (Å²) in [5.41, 5.74) is 4.79. The van der Waals surface area contributed by atoms with Crippen LogP contribution in [0.5, 0.6) is 0 Å². The van der Waals surface area contributed by atoms with E-state index in [1.807, 2.05) is 20.9 Å². The van der Waals surface area contributed by atoms with E-state index in [9.17, 15) is 0 Å². The maximum atomic E-state index is 5.23. The van der Waals surface area contributed by atoms with Crippen molar-refractivity contribution in [1.82, 2.24) is 15.4 Å². The van der Waals surface area contributed by atoms with Gasteiger partial charge in [-0.1, -0.05) is 17.3 Å². The van der Waals surface area contributed by atoms with Gasteiger partial charge in [-0.2, -0.15) is 0 Å². The van der Waals surface area contributed by atoms with Gasteiger partial charge in [-0.15, -0.1) is 0 Å². The van der Waals surface area contributed by atoms with Gasteiger partial charge >= 0.3 is 0 Å². The molecule has 1 aromatic carbocycles. The Balaban J connectivity index is 1.51. The standard InChI is InChI=1S/C20H29N5O/c1-15-6-5-7-18(14-15)24-10-12-25(13-11-24)20(21-4)22-9-8-19-16(2)23-26-17(19)3/h5-7,14H,8-13H2,1-4H3,(H,21,22). The molecule has 6 heteroatoms. The van der Waals surface area contributed by atoms with Crippen LogP contribution in [0.15, 0.2) is 33.8 Å². The summed E-state index contributed by atoms with van der Waals surface area (Å²) in [6, 6.07) is 8.72. The first kappa shape index (κ1) is 18.3. The van der Waals surface area contributed by atoms with Crippen LogP contribution in [0.1, 0.15) is 22.6 Å². The second-order valence-corrected chi connectivity index (χ2v) is 6.84. The third-order valence-corrected chi connectivity index (χ3v) is 5.00. The van der Waals surface area contributed by atoms with Crippen LogP contribution in [-0.2, 0) is 6.42 Å². The number of aryl methyl sites for hydroxylation is 3. The highest BCUT2D eigenvalue weighted by Crippen LogP contribution is 2.18. The fourth-order valence-electron chi connectivity index (χ4n) is 3.49. The van der Waals surface area contributed by atoms with E-state index in [1.54, 1.807) is 0 Å². The number of nitrogens with zero attached hydrogens (tertiary/aromatic N) is 4. The van der Waals surface area contributed by atoms with Gasteiger partial charge in [0.15, 0.2) is 5.96 Å². The Labute approximate surface area is 155 Å². The van der Waals surface area contributed by atoms with Crippen molar-refractivity contribution in [1.29, 1.82) is 0 Å². The van der Waals surface area contributed by atoms with E-state index in [0.29, 0.717) is 0 Å². The number of aliphatic imine (C=N–C) groups is 1. The Bertz CT molecular complexity index is 740. The van der Waals surface area contributed by atoms with Crippen molar-refractivity contribution in [2.24, 2.45) is 4.99 Å². The SMILES string of the molecule is CN=C(NCCc1c(C)noc1C)N1CCN(c2cccc(C)c2)CC1. The molecule has 6 nitrogen and oxygen atoms in total. The lowest BCUT2D eigenvalue weighted by Crippen LogP contribution is -2.52. The number of hydrogen-bond donors (Lipinski definition) is 1. The second-order valence-electron chi connectivity index (χ2n) is 6.84. The number of hydrogen-bond acceptors (Lipinski definition) is 4. The maximum Gasteiger partial charge on any atom is 0.193 e. The highest BCUT2D eigenvalue weighted by Gasteiger charge is 2.20. The van der Waals surface area contributed by atoms with Gasteiger partial charge in [0, 0.05) is 51.0 Å². The lowest BCUT2D eigenvalue weighted by atomic mass is 10.1. The smallest absolute Gasteiger partial charge is 0.193 e. The van der Waals surface area contributed by atoms with E-state index < -0.39 is 0 Å². The lowest BCUT2D eigenvalue weighted by Gasteiger charge is -2.37. The highest BCUT2D eigenvalue weighted by atomic mass is 16.5. The first-order valence-electron chi connectivity index (χ1n) is 9.27. The van der Waals surface area contributed by atoms with Gasteiger partial charge in [-0.25, -0.2) is 0 Å². The third kappa shape index (κ3) is 4.18. The van der Waals surface area contributed by atoms with E-state index in [0.717, 1.165) is 56.6 Å². The van der Waals surface area contributed by atoms with Crippen LogP contribution >= 0.6 is 0 Å². The monoisotopic (exact) mass is 355 g/mol. The molecule has 0 saturated carbocycles. The van der Waals surface area contributed by atoms with E-state index >= 15 is 0 Å². The minimum absolute atomic E-state index is 0.827. The molecule has 2 aromatic rings. The normalized spacial score (nSPS) is 15.5. The van der Waals surface area contributed by atoms with Crippen molar-refractivity contribution in [3.05, 3.63) is 46.8 Å². The van der Waals surface area contributed by atoms with Gasteiger partial charge < -0.3 is 19.6 Å². The number of benzene rings is 1. The summed E-state index contributed by atoms with van der Waals surface area (Å²) in [5, 5.41) is 7.50. The Morgan fingerprint density at radius 2 is 1.96 bits per heavy atom. The fraction of sp³-hybridized carbons (Fsp3) is 0.500. The van der Waals surface area contributed by atoms with Crippen molar-refractivity contribution in [3.63, 3.8) is 0 Å². The molecule has 1 aliphatic rings. The quantitative estimate of drug-likeness (QED) is 0.675. The van der Waals surface area contributed by atoms with Gasteiger partial charge in [-0.05, 0) is 44.9 Å². The minimum atomic E-state index is 0.827. The molecule has 1 aromatic heterocycles. The molecule has 1 saturated heterocycles. The number of aromatic nitrogens is 1. The molecule has 26 heavy (non-hydrogen) atoms. The molecule has 0 radical (unpaired) electrons. The van der Waals surface area contributed by atoms with Gasteiger partial charge in [0.25, 0.3) is 0 Å². The van der Waals surface area contributed by atoms with E-state index in [4.69, 9.17) is 4.52 Å². The molecule has 0 spiro atoms. The van der Waals surface area contributed by atoms with Crippen molar-refractivity contribution in [2.45, 2.75) is 27.2 Å². The Hall–Kier alpha value is -2.50. The average molecular weight is 355 g/mol. The zero-order valence-corrected chi connectivity index (χ0v) is 16.2. The minimum Gasteiger partial charge on any atom is -0.368 e. The number of guanidine groups is 1. The zero-order valence-electron chi connectivity index (χ0n) is 16.2. The summed E-state index contributed by atoms with van der Waals surface area (Å²) in [4.78, 5) is 9.24. The number of rotatable bonds is 4. The number of anilines is 1. The Morgan fingerprint density at radius 3 is 2.58 bits per heavy atom. The van der Waals surface area contributed by atoms with Crippen LogP contribution in [0.2, 0.25) is 0 Å². The molecule has 0 amide bonds. The van der Waals surface area contributed by atoms with E-state index in [-0.39, 0.29) is 0 Å². The third-order valence-electron chi connectivity index (χ3n) is 5.00. The summed E-state index contributed by atoms with van der Waals surface area (Å²) in [6.07, 6.45) is 0.892. The molecular weight excluding hydrogens is 326 g/mol. The molecule has 0 atom stereocenters. The van der Waals surface area contributed by atoms with Crippen molar-refractivity contribution >= 4 is 11.6 Å². The lowest BCUT2D eigenvalue weighted by molar-refractivity contribution is 0.372. The van der Waals surface area contributed by atoms with Gasteiger partial charge in [0.1, 0.15) is 5.76 Å². The predicted octanol–water partition coefficient (Wildman–Crippen LogP) is 2.54. The molecule has 1 aliphatic heterocycles. The molecule has 0 bridgehead atoms. The van der Waals surface area contributed by atoms with Crippen molar-refractivity contribution in [2.75, 3.05) is 44.7 Å². The summed E-state index contributed by atoms with van der Waals surface area (Å²) >= 11 is 0. The zero-order chi connectivity index (χ0) is 18.5. The topological polar surface area (TPSA) is 56.9 Å². The van der Waals surface area contributed by atoms with E-state index in [2.05, 4.69) is 56.5 Å². The Kier molecular flexibility index (Phi) is 5.81. The number of nitrogens with one attached hydrogen (secondary N) is 1. The second kappa shape index (κ2) is 8.25.